The van der Waals surface area contributed by atoms with Crippen LogP contribution in [0.4, 0.5) is 5.82 Å². The second-order valence-corrected chi connectivity index (χ2v) is 6.65. The van der Waals surface area contributed by atoms with Crippen LogP contribution in [0.25, 0.3) is 0 Å². The number of nitrogens with zero attached hydrogens (tertiary/aromatic N) is 3. The first-order valence-electron chi connectivity index (χ1n) is 8.78. The van der Waals surface area contributed by atoms with Crippen LogP contribution in [0.2, 0.25) is 5.02 Å². The van der Waals surface area contributed by atoms with Crippen molar-refractivity contribution in [2.45, 2.75) is 38.3 Å². The second-order valence-electron chi connectivity index (χ2n) is 6.24. The Morgan fingerprint density at radius 3 is 3.17 bits per heavy atom. The van der Waals surface area contributed by atoms with Gasteiger partial charge < -0.3 is 20.3 Å². The Kier molecular flexibility index (Phi) is 6.15. The van der Waals surface area contributed by atoms with Crippen LogP contribution in [0.5, 0.6) is 0 Å². The number of halogens is 1. The van der Waals surface area contributed by atoms with Crippen LogP contribution in [-0.2, 0) is 4.74 Å². The number of aliphatic imine (C=N–C) groups is 1. The van der Waals surface area contributed by atoms with E-state index in [0.29, 0.717) is 11.1 Å². The molecule has 3 heterocycles. The van der Waals surface area contributed by atoms with Gasteiger partial charge in [-0.2, -0.15) is 0 Å². The molecule has 0 spiro atoms. The Bertz CT molecular complexity index is 562. The van der Waals surface area contributed by atoms with Crippen molar-refractivity contribution in [3.63, 3.8) is 0 Å². The van der Waals surface area contributed by atoms with Crippen molar-refractivity contribution in [1.82, 2.24) is 15.6 Å². The number of anilines is 1. The van der Waals surface area contributed by atoms with E-state index in [9.17, 15) is 0 Å². The van der Waals surface area contributed by atoms with Crippen molar-refractivity contribution in [3.05, 3.63) is 23.4 Å². The van der Waals surface area contributed by atoms with Crippen LogP contribution in [0, 0.1) is 0 Å². The third-order valence-electron chi connectivity index (χ3n) is 4.39. The summed E-state index contributed by atoms with van der Waals surface area (Å²) >= 11 is 6.26. The fourth-order valence-corrected chi connectivity index (χ4v) is 3.42. The van der Waals surface area contributed by atoms with Crippen LogP contribution in [-0.4, -0.2) is 55.9 Å². The number of nitrogens with one attached hydrogen (secondary N) is 2. The van der Waals surface area contributed by atoms with Crippen molar-refractivity contribution < 1.29 is 4.74 Å². The van der Waals surface area contributed by atoms with Crippen molar-refractivity contribution in [3.8, 4) is 0 Å². The molecule has 24 heavy (non-hydrogen) atoms. The van der Waals surface area contributed by atoms with Crippen molar-refractivity contribution in [1.29, 1.82) is 0 Å². The molecule has 0 aromatic carbocycles. The Hall–Kier alpha value is -1.53. The van der Waals surface area contributed by atoms with E-state index in [2.05, 4.69) is 32.4 Å². The molecule has 132 valence electrons. The Morgan fingerprint density at radius 1 is 1.50 bits per heavy atom. The van der Waals surface area contributed by atoms with E-state index < -0.39 is 0 Å². The topological polar surface area (TPSA) is 61.8 Å². The molecule has 1 aromatic rings. The average molecular weight is 352 g/mol. The van der Waals surface area contributed by atoms with Gasteiger partial charge in [0.25, 0.3) is 0 Å². The first-order valence-corrected chi connectivity index (χ1v) is 9.16. The maximum Gasteiger partial charge on any atom is 0.191 e. The normalized spacial score (nSPS) is 24.4. The highest BCUT2D eigenvalue weighted by Gasteiger charge is 2.25. The predicted molar refractivity (Wildman–Crippen MR) is 98.0 cm³/mol. The zero-order chi connectivity index (χ0) is 16.8. The number of aromatic nitrogens is 1. The zero-order valence-electron chi connectivity index (χ0n) is 14.2. The first-order chi connectivity index (χ1) is 11.8. The van der Waals surface area contributed by atoms with Gasteiger partial charge in [-0.1, -0.05) is 11.6 Å². The third kappa shape index (κ3) is 4.51. The lowest BCUT2D eigenvalue weighted by Crippen LogP contribution is -2.45. The fraction of sp³-hybridized carbons (Fsp3) is 0.647. The molecule has 0 radical (unpaired) electrons. The van der Waals surface area contributed by atoms with Gasteiger partial charge in [-0.3, -0.25) is 4.99 Å². The lowest BCUT2D eigenvalue weighted by Gasteiger charge is -2.20. The molecule has 2 aliphatic heterocycles. The van der Waals surface area contributed by atoms with Gasteiger partial charge in [0.15, 0.2) is 5.96 Å². The minimum Gasteiger partial charge on any atom is -0.376 e. The number of hydrogen-bond donors (Lipinski definition) is 2. The standard InChI is InChI=1S/C17H26ClN5O/c1-2-19-17(21-11-14-5-4-10-24-14)22-13-7-9-23(12-13)16-15(18)6-3-8-20-16/h3,6,8,13-14H,2,4-5,7,9-12H2,1H3,(H2,19,21,22). The highest BCUT2D eigenvalue weighted by Crippen LogP contribution is 2.25. The summed E-state index contributed by atoms with van der Waals surface area (Å²) in [7, 11) is 0. The summed E-state index contributed by atoms with van der Waals surface area (Å²) < 4.78 is 5.65. The average Bonchev–Trinajstić information content (AvgIpc) is 3.25. The van der Waals surface area contributed by atoms with Gasteiger partial charge in [0.05, 0.1) is 17.7 Å². The minimum atomic E-state index is 0.271. The molecule has 1 aromatic heterocycles. The van der Waals surface area contributed by atoms with Gasteiger partial charge in [0.1, 0.15) is 5.82 Å². The number of guanidine groups is 1. The van der Waals surface area contributed by atoms with Crippen molar-refractivity contribution >= 4 is 23.4 Å². The van der Waals surface area contributed by atoms with E-state index >= 15 is 0 Å². The van der Waals surface area contributed by atoms with E-state index in [0.717, 1.165) is 63.8 Å². The van der Waals surface area contributed by atoms with Crippen LogP contribution >= 0.6 is 11.6 Å². The zero-order valence-corrected chi connectivity index (χ0v) is 14.9. The molecule has 2 atom stereocenters. The van der Waals surface area contributed by atoms with Gasteiger partial charge in [0.2, 0.25) is 0 Å². The maximum absolute atomic E-state index is 6.26. The molecule has 2 saturated heterocycles. The molecule has 0 bridgehead atoms. The number of pyridine rings is 1. The summed E-state index contributed by atoms with van der Waals surface area (Å²) in [5, 5.41) is 7.56. The van der Waals surface area contributed by atoms with Gasteiger partial charge in [-0.25, -0.2) is 4.98 Å². The van der Waals surface area contributed by atoms with E-state index in [1.54, 1.807) is 6.20 Å². The fourth-order valence-electron chi connectivity index (χ4n) is 3.18. The second kappa shape index (κ2) is 8.53. The lowest BCUT2D eigenvalue weighted by atomic mass is 10.2. The summed E-state index contributed by atoms with van der Waals surface area (Å²) in [4.78, 5) is 11.3. The van der Waals surface area contributed by atoms with E-state index in [4.69, 9.17) is 16.3 Å². The quantitative estimate of drug-likeness (QED) is 0.628. The first kappa shape index (κ1) is 17.3. The minimum absolute atomic E-state index is 0.271. The van der Waals surface area contributed by atoms with Gasteiger partial charge >= 0.3 is 0 Å². The van der Waals surface area contributed by atoms with Crippen LogP contribution < -0.4 is 15.5 Å². The maximum atomic E-state index is 6.26. The molecule has 2 fully saturated rings. The molecular formula is C17H26ClN5O. The molecule has 0 aliphatic carbocycles. The summed E-state index contributed by atoms with van der Waals surface area (Å²) in [6.07, 6.45) is 5.35. The SMILES string of the molecule is CCNC(=NCC1CCCO1)NC1CCN(c2ncccc2Cl)C1. The number of rotatable bonds is 5. The van der Waals surface area contributed by atoms with Crippen LogP contribution in [0.1, 0.15) is 26.2 Å². The molecule has 7 heteroatoms. The molecular weight excluding hydrogens is 326 g/mol. The van der Waals surface area contributed by atoms with E-state index in [1.807, 2.05) is 12.1 Å². The summed E-state index contributed by atoms with van der Waals surface area (Å²) in [5.74, 6) is 1.73. The summed E-state index contributed by atoms with van der Waals surface area (Å²) in [6.45, 7) is 6.34. The monoisotopic (exact) mass is 351 g/mol. The van der Waals surface area contributed by atoms with Crippen LogP contribution in [0.3, 0.4) is 0 Å². The molecule has 2 N–H and O–H groups in total. The van der Waals surface area contributed by atoms with E-state index in [-0.39, 0.29) is 6.10 Å². The predicted octanol–water partition coefficient (Wildman–Crippen LogP) is 2.05. The Morgan fingerprint density at radius 2 is 2.42 bits per heavy atom. The molecule has 2 aliphatic rings. The van der Waals surface area contributed by atoms with Crippen molar-refractivity contribution in [2.24, 2.45) is 4.99 Å². The Labute approximate surface area is 148 Å². The molecule has 0 amide bonds. The smallest absolute Gasteiger partial charge is 0.191 e. The number of hydrogen-bond acceptors (Lipinski definition) is 4. The molecule has 2 unspecified atom stereocenters. The van der Waals surface area contributed by atoms with Gasteiger partial charge in [0, 0.05) is 38.5 Å². The van der Waals surface area contributed by atoms with Gasteiger partial charge in [-0.15, -0.1) is 0 Å². The molecule has 3 rings (SSSR count). The summed E-state index contributed by atoms with van der Waals surface area (Å²) in [6, 6.07) is 4.08. The number of ether oxygens (including phenoxy) is 1. The van der Waals surface area contributed by atoms with Crippen LogP contribution in [0.15, 0.2) is 23.3 Å². The third-order valence-corrected chi connectivity index (χ3v) is 4.68. The lowest BCUT2D eigenvalue weighted by molar-refractivity contribution is 0.117. The Balaban J connectivity index is 1.55. The molecule has 6 nitrogen and oxygen atoms in total. The van der Waals surface area contributed by atoms with Gasteiger partial charge in [-0.05, 0) is 38.3 Å². The highest BCUT2D eigenvalue weighted by molar-refractivity contribution is 6.32. The molecule has 0 saturated carbocycles. The van der Waals surface area contributed by atoms with E-state index in [1.165, 1.54) is 0 Å². The highest BCUT2D eigenvalue weighted by atomic mass is 35.5. The largest absolute Gasteiger partial charge is 0.376 e. The summed E-state index contributed by atoms with van der Waals surface area (Å²) in [5.41, 5.74) is 0. The van der Waals surface area contributed by atoms with Crippen molar-refractivity contribution in [2.75, 3.05) is 37.7 Å².